The Bertz CT molecular complexity index is 899. The van der Waals surface area contributed by atoms with Crippen LogP contribution < -0.4 is 4.72 Å². The monoisotopic (exact) mass is 376 g/mol. The number of hydrogen-bond acceptors (Lipinski definition) is 5. The lowest BCUT2D eigenvalue weighted by atomic mass is 10.2. The van der Waals surface area contributed by atoms with Gasteiger partial charge in [0.25, 0.3) is 15.7 Å². The first kappa shape index (κ1) is 17.3. The van der Waals surface area contributed by atoms with Gasteiger partial charge in [-0.2, -0.15) is 0 Å². The number of hydrogen-bond donors (Lipinski definition) is 2. The molecule has 0 aromatic heterocycles. The number of nitro benzene ring substituents is 1. The van der Waals surface area contributed by atoms with Gasteiger partial charge in [-0.1, -0.05) is 23.2 Å². The molecule has 0 unspecified atom stereocenters. The van der Waals surface area contributed by atoms with E-state index in [4.69, 9.17) is 23.2 Å². The van der Waals surface area contributed by atoms with Crippen molar-refractivity contribution in [2.24, 2.45) is 0 Å². The Balaban J connectivity index is 2.52. The second kappa shape index (κ2) is 6.23. The highest BCUT2D eigenvalue weighted by atomic mass is 35.5. The maximum atomic E-state index is 12.4. The number of benzene rings is 2. The molecule has 0 spiro atoms. The highest BCUT2D eigenvalue weighted by molar-refractivity contribution is 7.92. The number of sulfonamides is 1. The standard InChI is InChI=1S/C13H10Cl2N2O5S/c1-7-10(15)5-9(6-12(7)17(19)20)23(21,22)16-11-4-8(14)2-3-13(11)18/h2-6,16,18H,1H3. The van der Waals surface area contributed by atoms with Crippen LogP contribution in [0.1, 0.15) is 5.56 Å². The molecule has 0 saturated carbocycles. The van der Waals surface area contributed by atoms with Gasteiger partial charge in [0.2, 0.25) is 0 Å². The first-order valence-electron chi connectivity index (χ1n) is 6.07. The highest BCUT2D eigenvalue weighted by Crippen LogP contribution is 2.32. The number of rotatable bonds is 4. The maximum Gasteiger partial charge on any atom is 0.275 e. The van der Waals surface area contributed by atoms with Gasteiger partial charge in [0.15, 0.2) is 0 Å². The van der Waals surface area contributed by atoms with E-state index in [1.165, 1.54) is 25.1 Å². The molecule has 0 aliphatic rings. The van der Waals surface area contributed by atoms with Crippen molar-refractivity contribution in [3.8, 4) is 5.75 Å². The van der Waals surface area contributed by atoms with Crippen LogP contribution in [0.3, 0.4) is 0 Å². The maximum absolute atomic E-state index is 12.4. The Morgan fingerprint density at radius 1 is 1.22 bits per heavy atom. The van der Waals surface area contributed by atoms with E-state index in [1.54, 1.807) is 0 Å². The van der Waals surface area contributed by atoms with Crippen LogP contribution in [-0.2, 0) is 10.0 Å². The Hall–Kier alpha value is -2.03. The third kappa shape index (κ3) is 3.66. The summed E-state index contributed by atoms with van der Waals surface area (Å²) in [5.41, 5.74) is -0.425. The van der Waals surface area contributed by atoms with Gasteiger partial charge < -0.3 is 5.11 Å². The molecule has 0 fully saturated rings. The zero-order chi connectivity index (χ0) is 17.4. The number of anilines is 1. The average molecular weight is 377 g/mol. The van der Waals surface area contributed by atoms with Gasteiger partial charge in [0.05, 0.1) is 20.5 Å². The normalized spacial score (nSPS) is 11.3. The zero-order valence-corrected chi connectivity index (χ0v) is 13.9. The summed E-state index contributed by atoms with van der Waals surface area (Å²) in [6, 6.07) is 5.78. The SMILES string of the molecule is Cc1c(Cl)cc(S(=O)(=O)Nc2cc(Cl)ccc2O)cc1[N+](=O)[O-]. The lowest BCUT2D eigenvalue weighted by molar-refractivity contribution is -0.385. The van der Waals surface area contributed by atoms with E-state index in [-0.39, 0.29) is 27.0 Å². The van der Waals surface area contributed by atoms with Gasteiger partial charge in [-0.15, -0.1) is 0 Å². The minimum absolute atomic E-state index is 0.0603. The predicted octanol–water partition coefficient (Wildman–Crippen LogP) is 3.72. The van der Waals surface area contributed by atoms with Gasteiger partial charge in [-0.05, 0) is 31.2 Å². The molecule has 0 bridgehead atoms. The lowest BCUT2D eigenvalue weighted by Gasteiger charge is -2.11. The molecule has 7 nitrogen and oxygen atoms in total. The summed E-state index contributed by atoms with van der Waals surface area (Å²) in [6.45, 7) is 1.41. The second-order valence-electron chi connectivity index (χ2n) is 4.57. The molecule has 0 amide bonds. The summed E-state index contributed by atoms with van der Waals surface area (Å²) in [6.07, 6.45) is 0. The molecule has 2 N–H and O–H groups in total. The Kier molecular flexibility index (Phi) is 4.69. The van der Waals surface area contributed by atoms with Crippen molar-refractivity contribution in [1.82, 2.24) is 0 Å². The van der Waals surface area contributed by atoms with Gasteiger partial charge in [-0.3, -0.25) is 14.8 Å². The third-order valence-electron chi connectivity index (χ3n) is 3.00. The van der Waals surface area contributed by atoms with Crippen molar-refractivity contribution in [1.29, 1.82) is 0 Å². The molecular weight excluding hydrogens is 367 g/mol. The fourth-order valence-corrected chi connectivity index (χ4v) is 3.34. The van der Waals surface area contributed by atoms with Gasteiger partial charge in [0.1, 0.15) is 5.75 Å². The summed E-state index contributed by atoms with van der Waals surface area (Å²) in [7, 11) is -4.21. The Morgan fingerprint density at radius 3 is 2.48 bits per heavy atom. The molecule has 0 saturated heterocycles. The van der Waals surface area contributed by atoms with Crippen molar-refractivity contribution in [2.45, 2.75) is 11.8 Å². The summed E-state index contributed by atoms with van der Waals surface area (Å²) in [5, 5.41) is 20.8. The first-order chi connectivity index (χ1) is 10.6. The van der Waals surface area contributed by atoms with E-state index in [2.05, 4.69) is 4.72 Å². The van der Waals surface area contributed by atoms with Crippen molar-refractivity contribution < 1.29 is 18.4 Å². The summed E-state index contributed by atoms with van der Waals surface area (Å²) < 4.78 is 26.8. The number of aromatic hydroxyl groups is 1. The largest absolute Gasteiger partial charge is 0.506 e. The molecule has 10 heteroatoms. The van der Waals surface area contributed by atoms with Gasteiger partial charge in [-0.25, -0.2) is 8.42 Å². The number of nitrogens with zero attached hydrogens (tertiary/aromatic N) is 1. The smallest absolute Gasteiger partial charge is 0.275 e. The van der Waals surface area contributed by atoms with E-state index in [9.17, 15) is 23.6 Å². The molecule has 2 aromatic carbocycles. The lowest BCUT2D eigenvalue weighted by Crippen LogP contribution is -2.13. The molecule has 0 atom stereocenters. The second-order valence-corrected chi connectivity index (χ2v) is 7.10. The average Bonchev–Trinajstić information content (AvgIpc) is 2.44. The molecule has 2 aromatic rings. The summed E-state index contributed by atoms with van der Waals surface area (Å²) in [5.74, 6) is -0.342. The summed E-state index contributed by atoms with van der Waals surface area (Å²) in [4.78, 5) is 9.86. The molecule has 0 heterocycles. The quantitative estimate of drug-likeness (QED) is 0.480. The number of phenolic OH excluding ortho intramolecular Hbond substituents is 1. The third-order valence-corrected chi connectivity index (χ3v) is 4.97. The number of nitrogens with one attached hydrogen (secondary N) is 1. The molecule has 0 radical (unpaired) electrons. The zero-order valence-electron chi connectivity index (χ0n) is 11.6. The Labute approximate surface area is 141 Å². The minimum Gasteiger partial charge on any atom is -0.506 e. The predicted molar refractivity (Wildman–Crippen MR) is 86.8 cm³/mol. The summed E-state index contributed by atoms with van der Waals surface area (Å²) >= 11 is 11.6. The van der Waals surface area contributed by atoms with Crippen LogP contribution in [0.5, 0.6) is 5.75 Å². The number of halogens is 2. The van der Waals surface area contributed by atoms with Crippen LogP contribution in [0, 0.1) is 17.0 Å². The fourth-order valence-electron chi connectivity index (χ4n) is 1.78. The fraction of sp³-hybridized carbons (Fsp3) is 0.0769. The van der Waals surface area contributed by atoms with Crippen molar-refractivity contribution in [2.75, 3.05) is 4.72 Å². The van der Waals surface area contributed by atoms with Crippen LogP contribution in [0.25, 0.3) is 0 Å². The van der Waals surface area contributed by atoms with Crippen molar-refractivity contribution >= 4 is 44.6 Å². The minimum atomic E-state index is -4.21. The Morgan fingerprint density at radius 2 is 1.87 bits per heavy atom. The van der Waals surface area contributed by atoms with E-state index >= 15 is 0 Å². The number of phenols is 1. The van der Waals surface area contributed by atoms with Crippen LogP contribution in [0.4, 0.5) is 11.4 Å². The topological polar surface area (TPSA) is 110 Å². The van der Waals surface area contributed by atoms with Gasteiger partial charge >= 0.3 is 0 Å². The van der Waals surface area contributed by atoms with E-state index in [0.29, 0.717) is 0 Å². The van der Waals surface area contributed by atoms with E-state index < -0.39 is 25.5 Å². The van der Waals surface area contributed by atoms with Crippen molar-refractivity contribution in [3.63, 3.8) is 0 Å². The van der Waals surface area contributed by atoms with Crippen LogP contribution >= 0.6 is 23.2 Å². The molecule has 2 rings (SSSR count). The molecular formula is C13H10Cl2N2O5S. The first-order valence-corrected chi connectivity index (χ1v) is 8.31. The number of nitro groups is 1. The van der Waals surface area contributed by atoms with E-state index in [1.807, 2.05) is 0 Å². The molecule has 0 aliphatic heterocycles. The molecule has 23 heavy (non-hydrogen) atoms. The van der Waals surface area contributed by atoms with Crippen molar-refractivity contribution in [3.05, 3.63) is 56.1 Å². The van der Waals surface area contributed by atoms with E-state index in [0.717, 1.165) is 12.1 Å². The van der Waals surface area contributed by atoms with Crippen LogP contribution in [-0.4, -0.2) is 18.4 Å². The highest BCUT2D eigenvalue weighted by Gasteiger charge is 2.23. The van der Waals surface area contributed by atoms with Crippen LogP contribution in [0.15, 0.2) is 35.2 Å². The van der Waals surface area contributed by atoms with Gasteiger partial charge in [0, 0.05) is 16.7 Å². The molecule has 0 aliphatic carbocycles. The van der Waals surface area contributed by atoms with Crippen LogP contribution in [0.2, 0.25) is 10.0 Å². The molecule has 122 valence electrons.